The molecule has 3 nitrogen and oxygen atoms in total. The SMILES string of the molecule is Cc1ccccc1C(=O)Nc1nc2c(Cl)c(Cl)ccc2s1. The van der Waals surface area contributed by atoms with Gasteiger partial charge in [0.2, 0.25) is 0 Å². The molecule has 0 saturated heterocycles. The Morgan fingerprint density at radius 1 is 1.19 bits per heavy atom. The van der Waals surface area contributed by atoms with Gasteiger partial charge in [-0.1, -0.05) is 52.7 Å². The van der Waals surface area contributed by atoms with Crippen molar-refractivity contribution in [1.82, 2.24) is 4.98 Å². The molecule has 106 valence electrons. The molecule has 2 aromatic carbocycles. The second-order valence-corrected chi connectivity index (χ2v) is 6.31. The number of aryl methyl sites for hydroxylation is 1. The first-order valence-corrected chi connectivity index (χ1v) is 7.75. The van der Waals surface area contributed by atoms with Crippen molar-refractivity contribution in [1.29, 1.82) is 0 Å². The van der Waals surface area contributed by atoms with Crippen LogP contribution in [0.2, 0.25) is 10.0 Å². The molecule has 0 fully saturated rings. The van der Waals surface area contributed by atoms with Crippen LogP contribution in [0.4, 0.5) is 5.13 Å². The molecule has 1 N–H and O–H groups in total. The summed E-state index contributed by atoms with van der Waals surface area (Å²) in [5.41, 5.74) is 2.15. The maximum atomic E-state index is 12.3. The topological polar surface area (TPSA) is 42.0 Å². The van der Waals surface area contributed by atoms with Crippen LogP contribution in [0.3, 0.4) is 0 Å². The predicted octanol–water partition coefficient (Wildman–Crippen LogP) is 5.16. The van der Waals surface area contributed by atoms with Crippen LogP contribution >= 0.6 is 34.5 Å². The van der Waals surface area contributed by atoms with E-state index in [9.17, 15) is 4.79 Å². The summed E-state index contributed by atoms with van der Waals surface area (Å²) in [5.74, 6) is -0.186. The van der Waals surface area contributed by atoms with Crippen LogP contribution in [0.5, 0.6) is 0 Å². The van der Waals surface area contributed by atoms with E-state index in [0.29, 0.717) is 26.3 Å². The fourth-order valence-corrected chi connectivity index (χ4v) is 3.27. The maximum absolute atomic E-state index is 12.3. The Balaban J connectivity index is 1.94. The first-order chi connectivity index (χ1) is 10.1. The van der Waals surface area contributed by atoms with Gasteiger partial charge in [-0.05, 0) is 30.7 Å². The summed E-state index contributed by atoms with van der Waals surface area (Å²) in [6.45, 7) is 1.89. The lowest BCUT2D eigenvalue weighted by molar-refractivity contribution is 0.102. The summed E-state index contributed by atoms with van der Waals surface area (Å²) in [7, 11) is 0. The third-order valence-electron chi connectivity index (χ3n) is 3.06. The standard InChI is InChI=1S/C15H10Cl2N2OS/c1-8-4-2-3-5-9(8)14(20)19-15-18-13-11(21-15)7-6-10(16)12(13)17/h2-7H,1H3,(H,18,19,20). The first kappa shape index (κ1) is 14.3. The van der Waals surface area contributed by atoms with Crippen molar-refractivity contribution in [3.63, 3.8) is 0 Å². The van der Waals surface area contributed by atoms with Gasteiger partial charge in [-0.2, -0.15) is 0 Å². The average molecular weight is 337 g/mol. The minimum atomic E-state index is -0.186. The highest BCUT2D eigenvalue weighted by Crippen LogP contribution is 2.35. The molecule has 0 atom stereocenters. The van der Waals surface area contributed by atoms with E-state index in [1.807, 2.05) is 31.2 Å². The van der Waals surface area contributed by atoms with Crippen LogP contribution in [-0.4, -0.2) is 10.9 Å². The quantitative estimate of drug-likeness (QED) is 0.701. The van der Waals surface area contributed by atoms with E-state index in [4.69, 9.17) is 23.2 Å². The number of carbonyl (C=O) groups excluding carboxylic acids is 1. The molecule has 0 spiro atoms. The minimum absolute atomic E-state index is 0.186. The highest BCUT2D eigenvalue weighted by molar-refractivity contribution is 7.22. The molecule has 3 rings (SSSR count). The Morgan fingerprint density at radius 3 is 2.71 bits per heavy atom. The lowest BCUT2D eigenvalue weighted by Crippen LogP contribution is -2.12. The lowest BCUT2D eigenvalue weighted by atomic mass is 10.1. The lowest BCUT2D eigenvalue weighted by Gasteiger charge is -2.04. The van der Waals surface area contributed by atoms with Crippen LogP contribution in [0.15, 0.2) is 36.4 Å². The molecular weight excluding hydrogens is 327 g/mol. The van der Waals surface area contributed by atoms with Crippen molar-refractivity contribution >= 4 is 55.8 Å². The van der Waals surface area contributed by atoms with Gasteiger partial charge in [-0.25, -0.2) is 4.98 Å². The van der Waals surface area contributed by atoms with Gasteiger partial charge >= 0.3 is 0 Å². The molecule has 1 amide bonds. The van der Waals surface area contributed by atoms with E-state index in [2.05, 4.69) is 10.3 Å². The average Bonchev–Trinajstić information content (AvgIpc) is 2.87. The second kappa shape index (κ2) is 5.64. The summed E-state index contributed by atoms with van der Waals surface area (Å²) in [6.07, 6.45) is 0. The van der Waals surface area contributed by atoms with E-state index >= 15 is 0 Å². The maximum Gasteiger partial charge on any atom is 0.257 e. The van der Waals surface area contributed by atoms with Crippen LogP contribution in [0.1, 0.15) is 15.9 Å². The van der Waals surface area contributed by atoms with Crippen molar-refractivity contribution in [2.75, 3.05) is 5.32 Å². The highest BCUT2D eigenvalue weighted by atomic mass is 35.5. The van der Waals surface area contributed by atoms with Crippen LogP contribution < -0.4 is 5.32 Å². The number of carbonyl (C=O) groups is 1. The van der Waals surface area contributed by atoms with Gasteiger partial charge in [0.1, 0.15) is 5.52 Å². The number of fused-ring (bicyclic) bond motifs is 1. The Kier molecular flexibility index (Phi) is 3.85. The number of thiazole rings is 1. The Hall–Kier alpha value is -1.62. The van der Waals surface area contributed by atoms with Gasteiger partial charge < -0.3 is 0 Å². The molecule has 0 unspecified atom stereocenters. The van der Waals surface area contributed by atoms with Crippen LogP contribution in [0, 0.1) is 6.92 Å². The van der Waals surface area contributed by atoms with E-state index in [0.717, 1.165) is 10.3 Å². The Labute approximate surface area is 135 Å². The summed E-state index contributed by atoms with van der Waals surface area (Å²) in [5, 5.41) is 4.16. The van der Waals surface area contributed by atoms with Gasteiger partial charge in [0, 0.05) is 5.56 Å². The fourth-order valence-electron chi connectivity index (χ4n) is 1.98. The number of halogens is 2. The fraction of sp³-hybridized carbons (Fsp3) is 0.0667. The number of hydrogen-bond donors (Lipinski definition) is 1. The third kappa shape index (κ3) is 2.75. The molecule has 6 heteroatoms. The monoisotopic (exact) mass is 336 g/mol. The predicted molar refractivity (Wildman–Crippen MR) is 88.8 cm³/mol. The molecule has 0 aliphatic heterocycles. The molecule has 3 aromatic rings. The molecule has 21 heavy (non-hydrogen) atoms. The van der Waals surface area contributed by atoms with Crippen molar-refractivity contribution in [3.8, 4) is 0 Å². The normalized spacial score (nSPS) is 10.8. The van der Waals surface area contributed by atoms with Crippen LogP contribution in [-0.2, 0) is 0 Å². The van der Waals surface area contributed by atoms with E-state index < -0.39 is 0 Å². The van der Waals surface area contributed by atoms with Crippen molar-refractivity contribution in [3.05, 3.63) is 57.6 Å². The van der Waals surface area contributed by atoms with E-state index in [1.165, 1.54) is 11.3 Å². The summed E-state index contributed by atoms with van der Waals surface area (Å²) >= 11 is 13.4. The smallest absolute Gasteiger partial charge is 0.257 e. The Morgan fingerprint density at radius 2 is 1.95 bits per heavy atom. The van der Waals surface area contributed by atoms with Crippen molar-refractivity contribution in [2.24, 2.45) is 0 Å². The molecule has 0 bridgehead atoms. The van der Waals surface area contributed by atoms with Gasteiger partial charge in [0.25, 0.3) is 5.91 Å². The number of anilines is 1. The second-order valence-electron chi connectivity index (χ2n) is 4.50. The molecule has 0 radical (unpaired) electrons. The summed E-state index contributed by atoms with van der Waals surface area (Å²) < 4.78 is 0.879. The van der Waals surface area contributed by atoms with Gasteiger partial charge in [0.05, 0.1) is 14.7 Å². The number of hydrogen-bond acceptors (Lipinski definition) is 3. The zero-order chi connectivity index (χ0) is 15.0. The number of amides is 1. The number of benzene rings is 2. The summed E-state index contributed by atoms with van der Waals surface area (Å²) in [6, 6.07) is 11.0. The van der Waals surface area contributed by atoms with E-state index in [1.54, 1.807) is 12.1 Å². The van der Waals surface area contributed by atoms with Gasteiger partial charge in [-0.15, -0.1) is 0 Å². The third-order valence-corrected chi connectivity index (χ3v) is 4.79. The molecule has 1 aromatic heterocycles. The molecule has 1 heterocycles. The number of rotatable bonds is 2. The summed E-state index contributed by atoms with van der Waals surface area (Å²) in [4.78, 5) is 16.6. The number of aromatic nitrogens is 1. The first-order valence-electron chi connectivity index (χ1n) is 6.18. The largest absolute Gasteiger partial charge is 0.298 e. The highest BCUT2D eigenvalue weighted by Gasteiger charge is 2.14. The number of nitrogens with zero attached hydrogens (tertiary/aromatic N) is 1. The van der Waals surface area contributed by atoms with E-state index in [-0.39, 0.29) is 5.91 Å². The Bertz CT molecular complexity index is 845. The van der Waals surface area contributed by atoms with Crippen LogP contribution in [0.25, 0.3) is 10.2 Å². The molecule has 0 aliphatic rings. The zero-order valence-corrected chi connectivity index (χ0v) is 13.3. The van der Waals surface area contributed by atoms with Gasteiger partial charge in [0.15, 0.2) is 5.13 Å². The molecule has 0 saturated carbocycles. The van der Waals surface area contributed by atoms with Crippen molar-refractivity contribution in [2.45, 2.75) is 6.92 Å². The van der Waals surface area contributed by atoms with Gasteiger partial charge in [-0.3, -0.25) is 10.1 Å². The zero-order valence-electron chi connectivity index (χ0n) is 11.0. The molecule has 0 aliphatic carbocycles. The molecular formula is C15H10Cl2N2OS. The number of nitrogens with one attached hydrogen (secondary N) is 1. The minimum Gasteiger partial charge on any atom is -0.298 e. The van der Waals surface area contributed by atoms with Crippen molar-refractivity contribution < 1.29 is 4.79 Å².